The molecule has 10 heavy (non-hydrogen) atoms. The van der Waals surface area contributed by atoms with Crippen LogP contribution < -0.4 is 5.30 Å². The van der Waals surface area contributed by atoms with Crippen molar-refractivity contribution in [2.45, 2.75) is 0 Å². The summed E-state index contributed by atoms with van der Waals surface area (Å²) >= 11 is 0. The minimum atomic E-state index is -0.320. The summed E-state index contributed by atoms with van der Waals surface area (Å²) in [4.78, 5) is 0. The average molecular weight is 156 g/mol. The molecule has 0 amide bonds. The number of hydrogen-bond donors (Lipinski definition) is 2. The van der Waals surface area contributed by atoms with Gasteiger partial charge in [0.05, 0.1) is 5.30 Å². The fraction of sp³-hybridized carbons (Fsp3) is 0. The molecule has 4 heteroatoms. The van der Waals surface area contributed by atoms with E-state index in [0.29, 0.717) is 0 Å². The molecule has 0 saturated heterocycles. The first-order valence-electron chi connectivity index (χ1n) is 2.60. The molecule has 1 rings (SSSR count). The van der Waals surface area contributed by atoms with E-state index in [1.54, 1.807) is 0 Å². The normalized spacial score (nSPS) is 10.0. The van der Waals surface area contributed by atoms with Crippen LogP contribution >= 0.6 is 8.46 Å². The first-order chi connectivity index (χ1) is 4.75. The van der Waals surface area contributed by atoms with Crippen LogP contribution in [0.25, 0.3) is 0 Å². The molecule has 0 fully saturated rings. The van der Waals surface area contributed by atoms with Crippen molar-refractivity contribution < 1.29 is 14.8 Å². The molecule has 1 aromatic carbocycles. The molecule has 0 unspecified atom stereocenters. The molecule has 52 valence electrons. The number of hydrogen-bond acceptors (Lipinski definition) is 3. The highest BCUT2D eigenvalue weighted by Gasteiger charge is 2.03. The standard InChI is InChI=1S/C6H5O3P/c7-4-2-1-3-5(10-9)6(4)8/h1-3,7-8H. The zero-order chi connectivity index (χ0) is 7.56. The second-order valence-corrected chi connectivity index (χ2v) is 2.40. The van der Waals surface area contributed by atoms with Crippen molar-refractivity contribution in [1.82, 2.24) is 0 Å². The maximum absolute atomic E-state index is 10.2. The van der Waals surface area contributed by atoms with Crippen molar-refractivity contribution >= 4 is 13.8 Å². The lowest BCUT2D eigenvalue weighted by Crippen LogP contribution is -1.90. The number of benzene rings is 1. The zero-order valence-corrected chi connectivity index (χ0v) is 5.88. The fourth-order valence-electron chi connectivity index (χ4n) is 0.593. The van der Waals surface area contributed by atoms with Gasteiger partial charge in [0.2, 0.25) is 0 Å². The molecule has 0 spiro atoms. The number of phenolic OH excluding ortho intramolecular Hbond substituents is 2. The van der Waals surface area contributed by atoms with Crippen LogP contribution in [0.5, 0.6) is 11.5 Å². The van der Waals surface area contributed by atoms with Gasteiger partial charge < -0.3 is 10.2 Å². The summed E-state index contributed by atoms with van der Waals surface area (Å²) in [5, 5.41) is 18.0. The number of rotatable bonds is 1. The van der Waals surface area contributed by atoms with Gasteiger partial charge in [-0.05, 0) is 12.1 Å². The van der Waals surface area contributed by atoms with Crippen LogP contribution in [0.15, 0.2) is 18.2 Å². The van der Waals surface area contributed by atoms with Crippen molar-refractivity contribution in [2.75, 3.05) is 0 Å². The van der Waals surface area contributed by atoms with Crippen molar-refractivity contribution in [3.63, 3.8) is 0 Å². The smallest absolute Gasteiger partial charge is 0.196 e. The first kappa shape index (κ1) is 7.03. The van der Waals surface area contributed by atoms with Crippen LogP contribution in [0, 0.1) is 0 Å². The molecule has 0 saturated carbocycles. The Morgan fingerprint density at radius 2 is 2.00 bits per heavy atom. The molecule has 0 radical (unpaired) electrons. The Morgan fingerprint density at radius 3 is 2.50 bits per heavy atom. The molecule has 0 aliphatic rings. The van der Waals surface area contributed by atoms with E-state index in [0.717, 1.165) is 0 Å². The topological polar surface area (TPSA) is 57.5 Å². The van der Waals surface area contributed by atoms with Gasteiger partial charge in [-0.1, -0.05) is 6.07 Å². The van der Waals surface area contributed by atoms with E-state index in [4.69, 9.17) is 10.2 Å². The minimum Gasteiger partial charge on any atom is -0.504 e. The Hall–Kier alpha value is -1.08. The molecule has 1 aromatic rings. The van der Waals surface area contributed by atoms with Crippen LogP contribution in [0.1, 0.15) is 0 Å². The minimum absolute atomic E-state index is 0.194. The second-order valence-electron chi connectivity index (χ2n) is 1.74. The van der Waals surface area contributed by atoms with E-state index in [9.17, 15) is 4.57 Å². The molecular weight excluding hydrogens is 151 g/mol. The van der Waals surface area contributed by atoms with Gasteiger partial charge in [-0.25, -0.2) is 0 Å². The molecule has 0 atom stereocenters. The highest BCUT2D eigenvalue weighted by molar-refractivity contribution is 7.34. The summed E-state index contributed by atoms with van der Waals surface area (Å²) in [5.74, 6) is -0.569. The summed E-state index contributed by atoms with van der Waals surface area (Å²) in [6.45, 7) is 0. The van der Waals surface area contributed by atoms with E-state index in [-0.39, 0.29) is 25.3 Å². The van der Waals surface area contributed by atoms with Crippen LogP contribution in [0.2, 0.25) is 0 Å². The van der Waals surface area contributed by atoms with E-state index >= 15 is 0 Å². The van der Waals surface area contributed by atoms with Gasteiger partial charge in [0.25, 0.3) is 0 Å². The van der Waals surface area contributed by atoms with Crippen molar-refractivity contribution in [2.24, 2.45) is 0 Å². The molecule has 0 heterocycles. The van der Waals surface area contributed by atoms with Crippen molar-refractivity contribution in [3.8, 4) is 11.5 Å². The Balaban J connectivity index is 3.27. The highest BCUT2D eigenvalue weighted by atomic mass is 31.1. The van der Waals surface area contributed by atoms with Gasteiger partial charge in [0, 0.05) is 0 Å². The van der Waals surface area contributed by atoms with Gasteiger partial charge in [0.1, 0.15) is 0 Å². The number of aromatic hydroxyl groups is 2. The predicted molar refractivity (Wildman–Crippen MR) is 37.0 cm³/mol. The van der Waals surface area contributed by atoms with E-state index in [1.807, 2.05) is 0 Å². The maximum atomic E-state index is 10.2. The molecule has 0 aliphatic heterocycles. The third-order valence-electron chi connectivity index (χ3n) is 1.09. The quantitative estimate of drug-likeness (QED) is 0.471. The lowest BCUT2D eigenvalue weighted by Gasteiger charge is -1.96. The third kappa shape index (κ3) is 1.09. The Labute approximate surface area is 59.1 Å². The molecule has 0 aliphatic carbocycles. The number of phenols is 2. The molecule has 0 aromatic heterocycles. The predicted octanol–water partition coefficient (Wildman–Crippen LogP) is 1.01. The largest absolute Gasteiger partial charge is 0.504 e. The van der Waals surface area contributed by atoms with E-state index in [1.165, 1.54) is 18.2 Å². The van der Waals surface area contributed by atoms with E-state index < -0.39 is 0 Å². The van der Waals surface area contributed by atoms with Gasteiger partial charge >= 0.3 is 0 Å². The summed E-state index contributed by atoms with van der Waals surface area (Å²) < 4.78 is 10.2. The summed E-state index contributed by atoms with van der Waals surface area (Å²) in [6.07, 6.45) is 0. The summed E-state index contributed by atoms with van der Waals surface area (Å²) in [6, 6.07) is 4.29. The summed E-state index contributed by atoms with van der Waals surface area (Å²) in [7, 11) is -0.293. The van der Waals surface area contributed by atoms with Gasteiger partial charge in [-0.15, -0.1) is 0 Å². The monoisotopic (exact) mass is 156 g/mol. The van der Waals surface area contributed by atoms with Crippen LogP contribution in [-0.2, 0) is 4.57 Å². The lowest BCUT2D eigenvalue weighted by molar-refractivity contribution is 0.406. The van der Waals surface area contributed by atoms with Crippen LogP contribution in [0.4, 0.5) is 0 Å². The third-order valence-corrected chi connectivity index (χ3v) is 1.65. The van der Waals surface area contributed by atoms with Crippen LogP contribution in [0.3, 0.4) is 0 Å². The zero-order valence-electron chi connectivity index (χ0n) is 4.98. The maximum Gasteiger partial charge on any atom is 0.196 e. The van der Waals surface area contributed by atoms with E-state index in [2.05, 4.69) is 0 Å². The second kappa shape index (κ2) is 2.67. The fourth-order valence-corrected chi connectivity index (χ4v) is 0.941. The first-order valence-corrected chi connectivity index (χ1v) is 3.41. The Bertz CT molecular complexity index is 259. The summed E-state index contributed by atoms with van der Waals surface area (Å²) in [5.41, 5.74) is 0. The molecule has 2 N–H and O–H groups in total. The Kier molecular flexibility index (Phi) is 1.88. The molecular formula is C6H5O3P. The molecule has 0 bridgehead atoms. The van der Waals surface area contributed by atoms with Crippen molar-refractivity contribution in [3.05, 3.63) is 18.2 Å². The van der Waals surface area contributed by atoms with Gasteiger partial charge in [-0.2, -0.15) is 0 Å². The van der Waals surface area contributed by atoms with Gasteiger partial charge in [-0.3, -0.25) is 4.57 Å². The highest BCUT2D eigenvalue weighted by Crippen LogP contribution is 2.23. The number of para-hydroxylation sites is 1. The Morgan fingerprint density at radius 1 is 1.30 bits per heavy atom. The van der Waals surface area contributed by atoms with Crippen molar-refractivity contribution in [1.29, 1.82) is 0 Å². The SMILES string of the molecule is O=Pc1cccc(O)c1O. The lowest BCUT2D eigenvalue weighted by atomic mass is 10.3. The molecule has 3 nitrogen and oxygen atoms in total. The van der Waals surface area contributed by atoms with Crippen LogP contribution in [-0.4, -0.2) is 10.2 Å². The average Bonchev–Trinajstić information content (AvgIpc) is 1.95. The van der Waals surface area contributed by atoms with Gasteiger partial charge in [0.15, 0.2) is 20.0 Å².